The summed E-state index contributed by atoms with van der Waals surface area (Å²) in [6, 6.07) is 10.7. The third-order valence-corrected chi connectivity index (χ3v) is 7.75. The highest BCUT2D eigenvalue weighted by Crippen LogP contribution is 2.48. The molecule has 186 valence electrons. The van der Waals surface area contributed by atoms with Crippen LogP contribution in [0.1, 0.15) is 116 Å². The van der Waals surface area contributed by atoms with Crippen molar-refractivity contribution in [3.05, 3.63) is 48.0 Å². The maximum absolute atomic E-state index is 12.1. The second-order valence-corrected chi connectivity index (χ2v) is 10.4. The van der Waals surface area contributed by atoms with Gasteiger partial charge in [-0.05, 0) is 75.2 Å². The highest BCUT2D eigenvalue weighted by atomic mass is 16.4. The number of carboxylic acids is 1. The molecule has 0 saturated heterocycles. The molecule has 0 heterocycles. The van der Waals surface area contributed by atoms with Crippen LogP contribution in [0.25, 0.3) is 0 Å². The summed E-state index contributed by atoms with van der Waals surface area (Å²) in [7, 11) is 0. The lowest BCUT2D eigenvalue weighted by Gasteiger charge is -2.37. The van der Waals surface area contributed by atoms with Gasteiger partial charge >= 0.3 is 5.97 Å². The van der Waals surface area contributed by atoms with Crippen LogP contribution in [0.4, 0.5) is 0 Å². The molecule has 3 nitrogen and oxygen atoms in total. The Morgan fingerprint density at radius 1 is 0.970 bits per heavy atom. The molecule has 1 aliphatic carbocycles. The van der Waals surface area contributed by atoms with Gasteiger partial charge in [0.1, 0.15) is 0 Å². The Hall–Kier alpha value is -1.61. The maximum atomic E-state index is 12.1. The molecule has 1 saturated carbocycles. The highest BCUT2D eigenvalue weighted by Gasteiger charge is 2.42. The van der Waals surface area contributed by atoms with Gasteiger partial charge in [0.15, 0.2) is 0 Å². The Labute approximate surface area is 202 Å². The van der Waals surface area contributed by atoms with Crippen molar-refractivity contribution in [2.75, 3.05) is 0 Å². The maximum Gasteiger partial charge on any atom is 0.309 e. The van der Waals surface area contributed by atoms with Crippen molar-refractivity contribution in [1.82, 2.24) is 0 Å². The summed E-state index contributed by atoms with van der Waals surface area (Å²) in [5.41, 5.74) is 1.42. The topological polar surface area (TPSA) is 57.5 Å². The number of aliphatic hydroxyl groups excluding tert-OH is 1. The van der Waals surface area contributed by atoms with Gasteiger partial charge in [0.05, 0.1) is 12.0 Å². The molecule has 1 aromatic carbocycles. The smallest absolute Gasteiger partial charge is 0.309 e. The van der Waals surface area contributed by atoms with E-state index in [1.165, 1.54) is 50.5 Å². The first kappa shape index (κ1) is 27.6. The summed E-state index contributed by atoms with van der Waals surface area (Å²) in [4.78, 5) is 12.1. The van der Waals surface area contributed by atoms with E-state index in [4.69, 9.17) is 0 Å². The van der Waals surface area contributed by atoms with Crippen LogP contribution in [0.5, 0.6) is 0 Å². The molecule has 0 aliphatic heterocycles. The van der Waals surface area contributed by atoms with E-state index in [1.807, 2.05) is 0 Å². The van der Waals surface area contributed by atoms with E-state index in [0.29, 0.717) is 0 Å². The standard InChI is InChI=1S/C30H48O3/c1-3-4-5-6-7-8-9-10-11-12-14-19-26(28(25(2)31)29(32)33)24-30(22-17-18-23-30)27-20-15-13-16-21-27/h8-9,13,15-16,20-21,25-26,28,31H,3-7,10-12,14,17-19,22-24H2,1-2H3,(H,32,33)/b9-8-/t25-,26+,28+/m0/s1. The van der Waals surface area contributed by atoms with Crippen molar-refractivity contribution in [2.45, 2.75) is 122 Å². The van der Waals surface area contributed by atoms with Crippen LogP contribution in [0.2, 0.25) is 0 Å². The fraction of sp³-hybridized carbons (Fsp3) is 0.700. The Morgan fingerprint density at radius 3 is 2.12 bits per heavy atom. The van der Waals surface area contributed by atoms with Crippen LogP contribution in [0, 0.1) is 11.8 Å². The lowest BCUT2D eigenvalue weighted by molar-refractivity contribution is -0.148. The van der Waals surface area contributed by atoms with E-state index in [0.717, 1.165) is 51.4 Å². The average molecular weight is 457 g/mol. The van der Waals surface area contributed by atoms with Gasteiger partial charge in [-0.3, -0.25) is 4.79 Å². The minimum atomic E-state index is -0.845. The van der Waals surface area contributed by atoms with Gasteiger partial charge in [0.25, 0.3) is 0 Å². The summed E-state index contributed by atoms with van der Waals surface area (Å²) in [5.74, 6) is -1.52. The highest BCUT2D eigenvalue weighted by molar-refractivity contribution is 5.71. The summed E-state index contributed by atoms with van der Waals surface area (Å²) < 4.78 is 0. The second kappa shape index (κ2) is 15.3. The Morgan fingerprint density at radius 2 is 1.58 bits per heavy atom. The van der Waals surface area contributed by atoms with Crippen LogP contribution < -0.4 is 0 Å². The summed E-state index contributed by atoms with van der Waals surface area (Å²) >= 11 is 0. The molecule has 33 heavy (non-hydrogen) atoms. The number of aliphatic carboxylic acids is 1. The summed E-state index contributed by atoms with van der Waals surface area (Å²) in [6.45, 7) is 3.90. The van der Waals surface area contributed by atoms with Crippen LogP contribution >= 0.6 is 0 Å². The van der Waals surface area contributed by atoms with Gasteiger partial charge in [0.2, 0.25) is 0 Å². The first-order valence-corrected chi connectivity index (χ1v) is 13.6. The molecule has 1 aromatic rings. The van der Waals surface area contributed by atoms with E-state index >= 15 is 0 Å². The van der Waals surface area contributed by atoms with Gasteiger partial charge < -0.3 is 10.2 Å². The minimum Gasteiger partial charge on any atom is -0.481 e. The first-order valence-electron chi connectivity index (χ1n) is 13.6. The van der Waals surface area contributed by atoms with Gasteiger partial charge in [-0.15, -0.1) is 0 Å². The van der Waals surface area contributed by atoms with Gasteiger partial charge in [-0.25, -0.2) is 0 Å². The van der Waals surface area contributed by atoms with Crippen molar-refractivity contribution < 1.29 is 15.0 Å². The molecule has 0 amide bonds. The molecule has 3 atom stereocenters. The zero-order chi connectivity index (χ0) is 23.9. The molecule has 0 aromatic heterocycles. The fourth-order valence-electron chi connectivity index (χ4n) is 5.94. The van der Waals surface area contributed by atoms with Crippen molar-refractivity contribution >= 4 is 5.97 Å². The van der Waals surface area contributed by atoms with Crippen LogP contribution in [-0.2, 0) is 10.2 Å². The molecule has 1 aliphatic rings. The number of aliphatic hydroxyl groups is 1. The number of carboxylic acid groups (broad SMARTS) is 1. The van der Waals surface area contributed by atoms with Crippen LogP contribution in [0.15, 0.2) is 42.5 Å². The second-order valence-electron chi connectivity index (χ2n) is 10.4. The predicted octanol–water partition coefficient (Wildman–Crippen LogP) is 8.06. The number of benzene rings is 1. The van der Waals surface area contributed by atoms with Gasteiger partial charge in [0, 0.05) is 0 Å². The van der Waals surface area contributed by atoms with Crippen molar-refractivity contribution in [3.63, 3.8) is 0 Å². The van der Waals surface area contributed by atoms with E-state index in [2.05, 4.69) is 49.4 Å². The molecule has 1 fully saturated rings. The minimum absolute atomic E-state index is 0.00918. The van der Waals surface area contributed by atoms with Crippen molar-refractivity contribution in [2.24, 2.45) is 11.8 Å². The SMILES string of the molecule is CCCCCC/C=C\CCCCC[C@H](CC1(c2ccccc2)CCCC1)[C@H](C(=O)O)[C@H](C)O. The molecule has 0 unspecified atom stereocenters. The molecular weight excluding hydrogens is 408 g/mol. The number of unbranched alkanes of at least 4 members (excludes halogenated alkanes) is 7. The third-order valence-electron chi connectivity index (χ3n) is 7.75. The normalized spacial score (nSPS) is 18.4. The zero-order valence-electron chi connectivity index (χ0n) is 21.2. The number of hydrogen-bond acceptors (Lipinski definition) is 2. The van der Waals surface area contributed by atoms with Crippen molar-refractivity contribution in [3.8, 4) is 0 Å². The number of hydrogen-bond donors (Lipinski definition) is 2. The van der Waals surface area contributed by atoms with E-state index in [-0.39, 0.29) is 11.3 Å². The lowest BCUT2D eigenvalue weighted by Crippen LogP contribution is -2.37. The van der Waals surface area contributed by atoms with E-state index in [1.54, 1.807) is 6.92 Å². The lowest BCUT2D eigenvalue weighted by atomic mass is 9.68. The third kappa shape index (κ3) is 9.27. The van der Waals surface area contributed by atoms with Crippen LogP contribution in [-0.4, -0.2) is 22.3 Å². The Kier molecular flexibility index (Phi) is 12.8. The average Bonchev–Trinajstić information content (AvgIpc) is 3.27. The van der Waals surface area contributed by atoms with Crippen LogP contribution in [0.3, 0.4) is 0 Å². The fourth-order valence-corrected chi connectivity index (χ4v) is 5.94. The number of allylic oxidation sites excluding steroid dienone is 2. The Bertz CT molecular complexity index is 673. The molecule has 2 rings (SSSR count). The number of rotatable bonds is 17. The number of carbonyl (C=O) groups is 1. The monoisotopic (exact) mass is 456 g/mol. The molecular formula is C30H48O3. The molecule has 0 radical (unpaired) electrons. The van der Waals surface area contributed by atoms with Gasteiger partial charge in [-0.1, -0.05) is 94.4 Å². The summed E-state index contributed by atoms with van der Waals surface area (Å²) in [6.07, 6.45) is 21.1. The van der Waals surface area contributed by atoms with E-state index < -0.39 is 18.0 Å². The Balaban J connectivity index is 1.92. The molecule has 2 N–H and O–H groups in total. The van der Waals surface area contributed by atoms with Gasteiger partial charge in [-0.2, -0.15) is 0 Å². The predicted molar refractivity (Wildman–Crippen MR) is 138 cm³/mol. The summed E-state index contributed by atoms with van der Waals surface area (Å²) in [5, 5.41) is 20.3. The van der Waals surface area contributed by atoms with E-state index in [9.17, 15) is 15.0 Å². The molecule has 0 spiro atoms. The quantitative estimate of drug-likeness (QED) is 0.184. The first-order chi connectivity index (χ1) is 16.0. The van der Waals surface area contributed by atoms with Crippen molar-refractivity contribution in [1.29, 1.82) is 0 Å². The molecule has 0 bridgehead atoms. The zero-order valence-corrected chi connectivity index (χ0v) is 21.2. The molecule has 3 heteroatoms. The largest absolute Gasteiger partial charge is 0.481 e.